The fraction of sp³-hybridized carbons (Fsp3) is 0.143. The second-order valence-corrected chi connectivity index (χ2v) is 4.39. The number of nitrogens with one attached hydrogen (secondary N) is 2. The topological polar surface area (TPSA) is 81.8 Å². The number of hydrogen-bond donors (Lipinski definition) is 3. The summed E-state index contributed by atoms with van der Waals surface area (Å²) in [7, 11) is 0. The van der Waals surface area contributed by atoms with Gasteiger partial charge in [-0.25, -0.2) is 9.78 Å². The number of nitrogens with zero attached hydrogens (tertiary/aromatic N) is 1. The number of fused-ring (bicyclic) bond motifs is 1. The van der Waals surface area contributed by atoms with Crippen LogP contribution >= 0.6 is 0 Å². The number of aromatic carboxylic acids is 1. The molecule has 3 rings (SSSR count). The third-order valence-corrected chi connectivity index (χ3v) is 3.24. The number of benzene rings is 1. The van der Waals surface area contributed by atoms with Crippen molar-refractivity contribution in [3.63, 3.8) is 0 Å². The number of aryl methyl sites for hydroxylation is 2. The highest BCUT2D eigenvalue weighted by atomic mass is 16.4. The molecule has 19 heavy (non-hydrogen) atoms. The Morgan fingerprint density at radius 3 is 2.89 bits per heavy atom. The normalized spacial score (nSPS) is 10.9. The van der Waals surface area contributed by atoms with E-state index in [1.807, 2.05) is 24.4 Å². The molecule has 2 heterocycles. The Bertz CT molecular complexity index is 727. The van der Waals surface area contributed by atoms with E-state index in [4.69, 9.17) is 5.11 Å². The van der Waals surface area contributed by atoms with E-state index in [0.717, 1.165) is 11.9 Å². The van der Waals surface area contributed by atoms with E-state index in [1.165, 1.54) is 17.3 Å². The molecule has 0 radical (unpaired) electrons. The fourth-order valence-electron chi connectivity index (χ4n) is 2.29. The minimum Gasteiger partial charge on any atom is -0.476 e. The Balaban J connectivity index is 1.83. The first-order valence-electron chi connectivity index (χ1n) is 6.06. The van der Waals surface area contributed by atoms with Crippen molar-refractivity contribution in [2.24, 2.45) is 0 Å². The van der Waals surface area contributed by atoms with Gasteiger partial charge in [0.25, 0.3) is 0 Å². The molecule has 0 atom stereocenters. The highest BCUT2D eigenvalue weighted by Gasteiger charge is 2.13. The second kappa shape index (κ2) is 4.61. The summed E-state index contributed by atoms with van der Waals surface area (Å²) < 4.78 is 0. The molecular formula is C14H13N3O2. The molecule has 0 bridgehead atoms. The van der Waals surface area contributed by atoms with Crippen LogP contribution < -0.4 is 0 Å². The molecule has 0 saturated carbocycles. The van der Waals surface area contributed by atoms with Crippen molar-refractivity contribution < 1.29 is 9.90 Å². The van der Waals surface area contributed by atoms with Crippen LogP contribution in [0, 0.1) is 0 Å². The number of H-pyrrole nitrogens is 2. The average molecular weight is 255 g/mol. The van der Waals surface area contributed by atoms with Crippen LogP contribution in [0.15, 0.2) is 36.8 Å². The number of carboxylic acids is 1. The summed E-state index contributed by atoms with van der Waals surface area (Å²) in [5.74, 6) is -0.991. The zero-order valence-electron chi connectivity index (χ0n) is 10.2. The predicted molar refractivity (Wildman–Crippen MR) is 71.3 cm³/mol. The first-order valence-corrected chi connectivity index (χ1v) is 6.06. The average Bonchev–Trinajstić information content (AvgIpc) is 3.03. The van der Waals surface area contributed by atoms with E-state index in [-0.39, 0.29) is 5.69 Å². The maximum absolute atomic E-state index is 11.0. The number of rotatable bonds is 4. The molecule has 1 aromatic carbocycles. The lowest BCUT2D eigenvalue weighted by Crippen LogP contribution is -2.03. The van der Waals surface area contributed by atoms with E-state index in [1.54, 1.807) is 0 Å². The van der Waals surface area contributed by atoms with Crippen LogP contribution in [0.3, 0.4) is 0 Å². The fourth-order valence-corrected chi connectivity index (χ4v) is 2.29. The van der Waals surface area contributed by atoms with Crippen LogP contribution in [0.2, 0.25) is 0 Å². The van der Waals surface area contributed by atoms with Crippen molar-refractivity contribution >= 4 is 16.9 Å². The lowest BCUT2D eigenvalue weighted by Gasteiger charge is -1.99. The molecule has 0 saturated heterocycles. The number of imidazole rings is 1. The first kappa shape index (κ1) is 11.5. The number of carboxylic acid groups (broad SMARTS) is 1. The zero-order chi connectivity index (χ0) is 13.2. The summed E-state index contributed by atoms with van der Waals surface area (Å²) in [5, 5.41) is 10.2. The third-order valence-electron chi connectivity index (χ3n) is 3.24. The maximum Gasteiger partial charge on any atom is 0.356 e. The van der Waals surface area contributed by atoms with Crippen molar-refractivity contribution in [2.45, 2.75) is 12.8 Å². The van der Waals surface area contributed by atoms with Gasteiger partial charge in [-0.3, -0.25) is 0 Å². The molecule has 5 heteroatoms. The Hall–Kier alpha value is -2.56. The van der Waals surface area contributed by atoms with Gasteiger partial charge in [0.1, 0.15) is 0 Å². The second-order valence-electron chi connectivity index (χ2n) is 4.39. The van der Waals surface area contributed by atoms with Gasteiger partial charge >= 0.3 is 5.97 Å². The predicted octanol–water partition coefficient (Wildman–Crippen LogP) is 2.37. The van der Waals surface area contributed by atoms with E-state index in [9.17, 15) is 4.79 Å². The summed E-state index contributed by atoms with van der Waals surface area (Å²) in [5.41, 5.74) is 3.06. The van der Waals surface area contributed by atoms with E-state index >= 15 is 0 Å². The third kappa shape index (κ3) is 2.10. The molecule has 0 aliphatic heterocycles. The lowest BCUT2D eigenvalue weighted by molar-refractivity contribution is 0.0690. The molecule has 0 aliphatic carbocycles. The molecule has 3 aromatic rings. The molecular weight excluding hydrogens is 242 g/mol. The molecule has 0 fully saturated rings. The quantitative estimate of drug-likeness (QED) is 0.669. The highest BCUT2D eigenvalue weighted by molar-refractivity contribution is 5.86. The van der Waals surface area contributed by atoms with Crippen LogP contribution in [-0.2, 0) is 12.8 Å². The van der Waals surface area contributed by atoms with Crippen molar-refractivity contribution in [3.8, 4) is 0 Å². The Morgan fingerprint density at radius 1 is 1.21 bits per heavy atom. The molecule has 0 unspecified atom stereocenters. The van der Waals surface area contributed by atoms with Gasteiger partial charge in [0.2, 0.25) is 0 Å². The summed E-state index contributed by atoms with van der Waals surface area (Å²) in [6.07, 6.45) is 4.80. The van der Waals surface area contributed by atoms with Crippen LogP contribution in [0.1, 0.15) is 21.7 Å². The van der Waals surface area contributed by atoms with Crippen molar-refractivity contribution in [3.05, 3.63) is 53.7 Å². The Kier molecular flexibility index (Phi) is 2.79. The van der Waals surface area contributed by atoms with Gasteiger partial charge < -0.3 is 15.1 Å². The van der Waals surface area contributed by atoms with Gasteiger partial charge in [-0.2, -0.15) is 0 Å². The monoisotopic (exact) mass is 255 g/mol. The Labute approximate surface area is 109 Å². The first-order chi connectivity index (χ1) is 9.25. The van der Waals surface area contributed by atoms with Crippen LogP contribution in [0.5, 0.6) is 0 Å². The van der Waals surface area contributed by atoms with Gasteiger partial charge in [0.15, 0.2) is 5.69 Å². The molecule has 0 spiro atoms. The Morgan fingerprint density at radius 2 is 2.05 bits per heavy atom. The van der Waals surface area contributed by atoms with Gasteiger partial charge in [0.05, 0.1) is 6.33 Å². The number of carbonyl (C=O) groups is 1. The molecule has 3 N–H and O–H groups in total. The lowest BCUT2D eigenvalue weighted by atomic mass is 10.1. The van der Waals surface area contributed by atoms with Gasteiger partial charge in [-0.1, -0.05) is 18.2 Å². The molecule has 0 aliphatic rings. The maximum atomic E-state index is 11.0. The van der Waals surface area contributed by atoms with Crippen molar-refractivity contribution in [1.29, 1.82) is 0 Å². The van der Waals surface area contributed by atoms with Crippen molar-refractivity contribution in [1.82, 2.24) is 15.0 Å². The molecule has 96 valence electrons. The number of hydrogen-bond acceptors (Lipinski definition) is 2. The highest BCUT2D eigenvalue weighted by Crippen LogP contribution is 2.19. The standard InChI is InChI=1S/C14H13N3O2/c18-14(19)13-12(16-8-17-13)6-5-9-7-15-11-4-2-1-3-10(9)11/h1-4,7-8,15H,5-6H2,(H,16,17)(H,18,19). The van der Waals surface area contributed by atoms with Gasteiger partial charge in [-0.15, -0.1) is 0 Å². The smallest absolute Gasteiger partial charge is 0.356 e. The van der Waals surface area contributed by atoms with Crippen LogP contribution in [0.4, 0.5) is 0 Å². The largest absolute Gasteiger partial charge is 0.476 e. The van der Waals surface area contributed by atoms with Gasteiger partial charge in [0, 0.05) is 22.8 Å². The molecule has 2 aromatic heterocycles. The molecule has 5 nitrogen and oxygen atoms in total. The summed E-state index contributed by atoms with van der Waals surface area (Å²) in [6, 6.07) is 8.07. The van der Waals surface area contributed by atoms with Gasteiger partial charge in [-0.05, 0) is 24.5 Å². The number of aromatic nitrogens is 3. The van der Waals surface area contributed by atoms with E-state index < -0.39 is 5.97 Å². The summed E-state index contributed by atoms with van der Waals surface area (Å²) >= 11 is 0. The van der Waals surface area contributed by atoms with Crippen molar-refractivity contribution in [2.75, 3.05) is 0 Å². The van der Waals surface area contributed by atoms with Crippen LogP contribution in [0.25, 0.3) is 10.9 Å². The zero-order valence-corrected chi connectivity index (χ0v) is 10.2. The minimum atomic E-state index is -0.991. The van der Waals surface area contributed by atoms with Crippen LogP contribution in [-0.4, -0.2) is 26.0 Å². The number of aromatic amines is 2. The number of para-hydroxylation sites is 1. The SMILES string of the molecule is O=C(O)c1nc[nH]c1CCc1c[nH]c2ccccc12. The minimum absolute atomic E-state index is 0.111. The van der Waals surface area contributed by atoms with E-state index in [2.05, 4.69) is 21.0 Å². The summed E-state index contributed by atoms with van der Waals surface area (Å²) in [4.78, 5) is 20.9. The molecule has 0 amide bonds. The summed E-state index contributed by atoms with van der Waals surface area (Å²) in [6.45, 7) is 0. The van der Waals surface area contributed by atoms with E-state index in [0.29, 0.717) is 12.1 Å².